The van der Waals surface area contributed by atoms with Crippen LogP contribution in [0.5, 0.6) is 0 Å². The van der Waals surface area contributed by atoms with Gasteiger partial charge in [-0.05, 0) is 98.5 Å². The van der Waals surface area contributed by atoms with Crippen LogP contribution in [0.4, 0.5) is 0 Å². The number of nitrogens with one attached hydrogen (secondary N) is 2. The van der Waals surface area contributed by atoms with Gasteiger partial charge in [-0.25, -0.2) is 0 Å². The molecule has 0 radical (unpaired) electrons. The first-order valence-corrected chi connectivity index (χ1v) is 14.4. The van der Waals surface area contributed by atoms with Crippen molar-refractivity contribution in [3.63, 3.8) is 0 Å². The normalized spacial score (nSPS) is 48.7. The summed E-state index contributed by atoms with van der Waals surface area (Å²) in [7, 11) is 1.80. The molecule has 6 rings (SSSR count). The summed E-state index contributed by atoms with van der Waals surface area (Å²) in [6, 6.07) is -0.664. The largest absolute Gasteiger partial charge is 0.507 e. The number of aliphatic hydroxyl groups excluding tert-OH is 1. The zero-order valence-electron chi connectivity index (χ0n) is 22.5. The van der Waals surface area contributed by atoms with Crippen molar-refractivity contribution in [3.05, 3.63) is 35.6 Å². The van der Waals surface area contributed by atoms with E-state index in [1.54, 1.807) is 19.3 Å². The third-order valence-corrected chi connectivity index (χ3v) is 10.6. The van der Waals surface area contributed by atoms with Gasteiger partial charge in [-0.3, -0.25) is 14.4 Å². The molecular formula is C30H40N2O6. The summed E-state index contributed by atoms with van der Waals surface area (Å²) in [5, 5.41) is 16.4. The van der Waals surface area contributed by atoms with Crippen molar-refractivity contribution in [1.29, 1.82) is 0 Å². The fourth-order valence-electron chi connectivity index (χ4n) is 9.00. The summed E-state index contributed by atoms with van der Waals surface area (Å²) in [4.78, 5) is 37.8. The standard InChI is InChI=1S/C30H40N2O6/c1-14-12-18-19-13-16-9-10-21(33)26-27(35)20(32-30(26)36)7-5-11-31-22(34)8-4-6-17(16)24(19)28-29(38-28)25(18)23(14)15(2)37-3/h4,8-10,14-20,23-25,28-29,33H,5-7,11-13H2,1-3H3,(H,31,34)(H,32,36)/b8-4-,10-9+,26-21-/t14-,15+,16-,17+,18-,19-,20+,23+,24-,25-,28+,29-/m1/s1. The van der Waals surface area contributed by atoms with Gasteiger partial charge in [0, 0.05) is 13.7 Å². The van der Waals surface area contributed by atoms with Crippen molar-refractivity contribution in [2.45, 2.75) is 70.3 Å². The molecule has 38 heavy (non-hydrogen) atoms. The number of rotatable bonds is 2. The number of amides is 2. The van der Waals surface area contributed by atoms with Crippen molar-refractivity contribution in [2.75, 3.05) is 13.7 Å². The molecule has 0 aromatic heterocycles. The van der Waals surface area contributed by atoms with Crippen LogP contribution in [-0.4, -0.2) is 60.7 Å². The lowest BCUT2D eigenvalue weighted by Gasteiger charge is -2.38. The van der Waals surface area contributed by atoms with Crippen molar-refractivity contribution in [2.24, 2.45) is 47.3 Å². The molecule has 12 atom stereocenters. The summed E-state index contributed by atoms with van der Waals surface area (Å²) in [5.74, 6) is 2.16. The fourth-order valence-corrected chi connectivity index (χ4v) is 9.00. The molecule has 0 unspecified atom stereocenters. The molecule has 2 saturated heterocycles. The second-order valence-corrected chi connectivity index (χ2v) is 12.4. The molecule has 3 heterocycles. The number of hydrogen-bond acceptors (Lipinski definition) is 6. The lowest BCUT2D eigenvalue weighted by Crippen LogP contribution is -2.41. The second-order valence-electron chi connectivity index (χ2n) is 12.4. The van der Waals surface area contributed by atoms with E-state index >= 15 is 0 Å². The average molecular weight is 525 g/mol. The van der Waals surface area contributed by atoms with Gasteiger partial charge < -0.3 is 25.2 Å². The third kappa shape index (κ3) is 4.24. The second kappa shape index (κ2) is 9.94. The maximum atomic E-state index is 12.9. The number of epoxide rings is 1. The highest BCUT2D eigenvalue weighted by Gasteiger charge is 2.68. The highest BCUT2D eigenvalue weighted by atomic mass is 16.6. The van der Waals surface area contributed by atoms with E-state index < -0.39 is 11.9 Å². The SMILES string of the molecule is CO[C@@H](C)[C@H]1[C@H]2[C@H](C[C@H]1C)[C@H]1C[C@H]3/C=C/C(O)=C4/C(=O)N[C@@H](CCCNC(=O)/C=C\C[C@@H]3[C@H]1[C@@H]1O[C@@H]12)C4=O. The summed E-state index contributed by atoms with van der Waals surface area (Å²) < 4.78 is 12.2. The van der Waals surface area contributed by atoms with Crippen LogP contribution in [0.3, 0.4) is 0 Å². The van der Waals surface area contributed by atoms with E-state index in [0.29, 0.717) is 54.9 Å². The average Bonchev–Trinajstić information content (AvgIpc) is 3.35. The molecule has 8 heteroatoms. The molecule has 0 aromatic carbocycles. The quantitative estimate of drug-likeness (QED) is 0.378. The van der Waals surface area contributed by atoms with Crippen LogP contribution in [-0.2, 0) is 23.9 Å². The van der Waals surface area contributed by atoms with Crippen molar-refractivity contribution in [1.82, 2.24) is 10.6 Å². The topological polar surface area (TPSA) is 117 Å². The van der Waals surface area contributed by atoms with Gasteiger partial charge in [0.15, 0.2) is 5.78 Å². The summed E-state index contributed by atoms with van der Waals surface area (Å²) >= 11 is 0. The Morgan fingerprint density at radius 3 is 2.63 bits per heavy atom. The molecule has 5 fully saturated rings. The lowest BCUT2D eigenvalue weighted by atomic mass is 9.65. The van der Waals surface area contributed by atoms with Gasteiger partial charge in [-0.2, -0.15) is 0 Å². The zero-order valence-corrected chi connectivity index (χ0v) is 22.5. The summed E-state index contributed by atoms with van der Waals surface area (Å²) in [6.07, 6.45) is 11.7. The maximum absolute atomic E-state index is 12.9. The predicted molar refractivity (Wildman–Crippen MR) is 140 cm³/mol. The van der Waals surface area contributed by atoms with Gasteiger partial charge in [0.25, 0.3) is 5.91 Å². The Morgan fingerprint density at radius 1 is 1.08 bits per heavy atom. The highest BCUT2D eigenvalue weighted by molar-refractivity contribution is 6.27. The summed E-state index contributed by atoms with van der Waals surface area (Å²) in [6.45, 7) is 4.96. The number of carbonyl (C=O) groups is 3. The van der Waals surface area contributed by atoms with E-state index in [4.69, 9.17) is 9.47 Å². The predicted octanol–water partition coefficient (Wildman–Crippen LogP) is 2.85. The number of hydrogen-bond donors (Lipinski definition) is 3. The molecular weight excluding hydrogens is 484 g/mol. The minimum atomic E-state index is -0.664. The Hall–Kier alpha value is -2.45. The Balaban J connectivity index is 1.32. The van der Waals surface area contributed by atoms with Gasteiger partial charge in [-0.1, -0.05) is 19.1 Å². The van der Waals surface area contributed by atoms with Crippen LogP contribution in [0.25, 0.3) is 0 Å². The number of methoxy groups -OCH3 is 1. The van der Waals surface area contributed by atoms with Gasteiger partial charge in [0.05, 0.1) is 24.4 Å². The first kappa shape index (κ1) is 25.8. The number of ether oxygens (including phenoxy) is 2. The number of Topliss-reactive ketones (excluding diaryl/α,β-unsaturated/α-hetero) is 1. The smallest absolute Gasteiger partial charge is 0.259 e. The van der Waals surface area contributed by atoms with Crippen LogP contribution < -0.4 is 10.6 Å². The van der Waals surface area contributed by atoms with Gasteiger partial charge in [0.2, 0.25) is 5.91 Å². The lowest BCUT2D eigenvalue weighted by molar-refractivity contribution is -0.118. The van der Waals surface area contributed by atoms with Crippen molar-refractivity contribution in [3.8, 4) is 0 Å². The zero-order chi connectivity index (χ0) is 26.7. The van der Waals surface area contributed by atoms with E-state index in [1.165, 1.54) is 6.42 Å². The molecule has 0 spiro atoms. The Bertz CT molecular complexity index is 1100. The number of aliphatic hydroxyl groups is 1. The molecule has 3 aliphatic heterocycles. The molecule has 3 saturated carbocycles. The van der Waals surface area contributed by atoms with E-state index in [9.17, 15) is 19.5 Å². The van der Waals surface area contributed by atoms with Gasteiger partial charge in [-0.15, -0.1) is 0 Å². The van der Waals surface area contributed by atoms with Gasteiger partial charge >= 0.3 is 0 Å². The molecule has 6 aliphatic rings. The molecule has 3 aliphatic carbocycles. The molecule has 3 N–H and O–H groups in total. The minimum Gasteiger partial charge on any atom is -0.507 e. The van der Waals surface area contributed by atoms with Crippen molar-refractivity contribution < 1.29 is 29.0 Å². The van der Waals surface area contributed by atoms with Crippen LogP contribution in [0.1, 0.15) is 46.0 Å². The monoisotopic (exact) mass is 524 g/mol. The molecule has 2 bridgehead atoms. The Morgan fingerprint density at radius 2 is 1.84 bits per heavy atom. The first-order chi connectivity index (χ1) is 18.3. The van der Waals surface area contributed by atoms with Crippen LogP contribution >= 0.6 is 0 Å². The van der Waals surface area contributed by atoms with E-state index in [-0.39, 0.29) is 53.2 Å². The first-order valence-electron chi connectivity index (χ1n) is 14.4. The van der Waals surface area contributed by atoms with E-state index in [0.717, 1.165) is 12.8 Å². The molecule has 0 aromatic rings. The Kier molecular flexibility index (Phi) is 6.75. The molecule has 2 amide bonds. The van der Waals surface area contributed by atoms with E-state index in [2.05, 4.69) is 24.5 Å². The Labute approximate surface area is 224 Å². The molecule has 8 nitrogen and oxygen atoms in total. The van der Waals surface area contributed by atoms with Crippen LogP contribution in [0.15, 0.2) is 35.6 Å². The fraction of sp³-hybridized carbons (Fsp3) is 0.700. The molecule has 206 valence electrons. The number of carbonyl (C=O) groups excluding carboxylic acids is 3. The number of allylic oxidation sites excluding steroid dienone is 3. The van der Waals surface area contributed by atoms with Crippen LogP contribution in [0, 0.1) is 47.3 Å². The van der Waals surface area contributed by atoms with E-state index in [1.807, 2.05) is 12.2 Å². The van der Waals surface area contributed by atoms with Crippen molar-refractivity contribution >= 4 is 17.6 Å². The highest BCUT2D eigenvalue weighted by Crippen LogP contribution is 2.66. The maximum Gasteiger partial charge on any atom is 0.259 e. The minimum absolute atomic E-state index is 0.135. The van der Waals surface area contributed by atoms with Gasteiger partial charge in [0.1, 0.15) is 11.3 Å². The summed E-state index contributed by atoms with van der Waals surface area (Å²) in [5.41, 5.74) is -0.152. The number of ketones is 1. The number of fused-ring (bicyclic) bond motifs is 10. The third-order valence-electron chi connectivity index (χ3n) is 10.6. The van der Waals surface area contributed by atoms with Crippen LogP contribution in [0.2, 0.25) is 0 Å².